The van der Waals surface area contributed by atoms with Crippen molar-refractivity contribution in [3.05, 3.63) is 59.8 Å². The number of hydrogen-bond donors (Lipinski definition) is 1. The Labute approximate surface area is 195 Å². The van der Waals surface area contributed by atoms with Gasteiger partial charge in [0, 0.05) is 18.5 Å². The lowest BCUT2D eigenvalue weighted by molar-refractivity contribution is -0.132. The second kappa shape index (κ2) is 10.0. The third-order valence-electron chi connectivity index (χ3n) is 6.09. The molecule has 1 amide bonds. The Balaban J connectivity index is 1.71. The number of rotatable bonds is 7. The van der Waals surface area contributed by atoms with E-state index in [1.807, 2.05) is 55.5 Å². The van der Waals surface area contributed by atoms with E-state index in [1.165, 1.54) is 6.92 Å². The monoisotopic (exact) mass is 445 g/mol. The Kier molecular flexibility index (Phi) is 6.92. The number of ether oxygens (including phenoxy) is 1. The molecule has 1 N–H and O–H groups in total. The first-order chi connectivity index (χ1) is 16.0. The first kappa shape index (κ1) is 22.8. The number of hydrogen-bond acceptors (Lipinski definition) is 4. The van der Waals surface area contributed by atoms with Crippen LogP contribution in [0.25, 0.3) is 16.8 Å². The Morgan fingerprint density at radius 2 is 1.73 bits per heavy atom. The van der Waals surface area contributed by atoms with Gasteiger partial charge in [-0.25, -0.2) is 0 Å². The predicted molar refractivity (Wildman–Crippen MR) is 130 cm³/mol. The van der Waals surface area contributed by atoms with Gasteiger partial charge < -0.3 is 10.1 Å². The third-order valence-corrected chi connectivity index (χ3v) is 6.09. The quantitative estimate of drug-likeness (QED) is 0.463. The first-order valence-electron chi connectivity index (χ1n) is 11.7. The molecule has 0 bridgehead atoms. The summed E-state index contributed by atoms with van der Waals surface area (Å²) < 4.78 is 7.40. The number of aryl methyl sites for hydroxylation is 2. The molecule has 1 fully saturated rings. The van der Waals surface area contributed by atoms with Crippen molar-refractivity contribution in [2.24, 2.45) is 5.92 Å². The van der Waals surface area contributed by atoms with Crippen molar-refractivity contribution in [3.8, 4) is 22.7 Å². The topological polar surface area (TPSA) is 73.2 Å². The minimum absolute atomic E-state index is 0.0970. The van der Waals surface area contributed by atoms with E-state index in [9.17, 15) is 9.59 Å². The molecular formula is C27H31N3O3. The zero-order valence-corrected chi connectivity index (χ0v) is 19.6. The predicted octanol–water partition coefficient (Wildman–Crippen LogP) is 5.85. The highest BCUT2D eigenvalue weighted by molar-refractivity contribution is 5.93. The molecule has 0 aliphatic heterocycles. The molecular weight excluding hydrogens is 414 g/mol. The molecule has 4 rings (SSSR count). The minimum atomic E-state index is -0.395. The molecule has 0 atom stereocenters. The number of amides is 1. The van der Waals surface area contributed by atoms with Crippen LogP contribution < -0.4 is 10.1 Å². The molecule has 172 valence electrons. The molecule has 0 radical (unpaired) electrons. The van der Waals surface area contributed by atoms with Crippen LogP contribution >= 0.6 is 0 Å². The Bertz CT molecular complexity index is 1120. The molecule has 1 aliphatic rings. The van der Waals surface area contributed by atoms with Gasteiger partial charge in [0.15, 0.2) is 0 Å². The highest BCUT2D eigenvalue weighted by Crippen LogP contribution is 2.37. The highest BCUT2D eigenvalue weighted by Gasteiger charge is 2.24. The number of nitrogens with one attached hydrogen (secondary N) is 1. The van der Waals surface area contributed by atoms with E-state index in [2.05, 4.69) is 12.2 Å². The van der Waals surface area contributed by atoms with Crippen molar-refractivity contribution >= 4 is 17.6 Å². The molecule has 3 aromatic rings. The van der Waals surface area contributed by atoms with Crippen LogP contribution in [0.5, 0.6) is 5.88 Å². The average Bonchev–Trinajstić information content (AvgIpc) is 3.44. The summed E-state index contributed by atoms with van der Waals surface area (Å²) in [5, 5.41) is 7.86. The van der Waals surface area contributed by atoms with Crippen molar-refractivity contribution < 1.29 is 14.3 Å². The summed E-state index contributed by atoms with van der Waals surface area (Å²) in [7, 11) is 0. The van der Waals surface area contributed by atoms with Crippen LogP contribution in [0, 0.1) is 12.8 Å². The van der Waals surface area contributed by atoms with E-state index in [0.29, 0.717) is 5.88 Å². The molecule has 2 aromatic carbocycles. The summed E-state index contributed by atoms with van der Waals surface area (Å²) in [4.78, 5) is 24.5. The molecule has 0 saturated heterocycles. The summed E-state index contributed by atoms with van der Waals surface area (Å²) in [6.07, 6.45) is 5.85. The van der Waals surface area contributed by atoms with Gasteiger partial charge in [0.2, 0.25) is 11.8 Å². The van der Waals surface area contributed by atoms with Gasteiger partial charge in [0.25, 0.3) is 0 Å². The Morgan fingerprint density at radius 3 is 2.33 bits per heavy atom. The van der Waals surface area contributed by atoms with Gasteiger partial charge in [-0.15, -0.1) is 0 Å². The van der Waals surface area contributed by atoms with Crippen molar-refractivity contribution in [1.82, 2.24) is 9.78 Å². The van der Waals surface area contributed by atoms with Gasteiger partial charge in [-0.1, -0.05) is 56.0 Å². The molecule has 6 heteroatoms. The van der Waals surface area contributed by atoms with Crippen LogP contribution in [-0.2, 0) is 16.0 Å². The van der Waals surface area contributed by atoms with E-state index in [1.54, 1.807) is 4.68 Å². The number of benzene rings is 2. The molecule has 1 aliphatic carbocycles. The normalized spacial score (nSPS) is 13.8. The van der Waals surface area contributed by atoms with Crippen LogP contribution in [0.3, 0.4) is 0 Å². The molecule has 0 unspecified atom stereocenters. The van der Waals surface area contributed by atoms with Gasteiger partial charge in [0.05, 0.1) is 16.9 Å². The maximum absolute atomic E-state index is 12.5. The number of carbonyl (C=O) groups excluding carboxylic acids is 2. The minimum Gasteiger partial charge on any atom is -0.407 e. The summed E-state index contributed by atoms with van der Waals surface area (Å²) in [5.74, 6) is 0.231. The second-order valence-corrected chi connectivity index (χ2v) is 8.77. The highest BCUT2D eigenvalue weighted by atomic mass is 16.5. The van der Waals surface area contributed by atoms with Crippen LogP contribution in [0.2, 0.25) is 0 Å². The summed E-state index contributed by atoms with van der Waals surface area (Å²) in [6, 6.07) is 15.7. The fourth-order valence-electron chi connectivity index (χ4n) is 4.39. The Hall–Kier alpha value is -3.41. The number of aromatic nitrogens is 2. The fourth-order valence-corrected chi connectivity index (χ4v) is 4.39. The molecule has 1 aromatic heterocycles. The number of nitrogens with zero attached hydrogens (tertiary/aromatic N) is 2. The molecule has 0 spiro atoms. The second-order valence-electron chi connectivity index (χ2n) is 8.77. The first-order valence-corrected chi connectivity index (χ1v) is 11.7. The third kappa shape index (κ3) is 5.16. The summed E-state index contributed by atoms with van der Waals surface area (Å²) in [5.41, 5.74) is 5.32. The average molecular weight is 446 g/mol. The lowest BCUT2D eigenvalue weighted by Gasteiger charge is -2.12. The van der Waals surface area contributed by atoms with Gasteiger partial charge in [0.1, 0.15) is 0 Å². The van der Waals surface area contributed by atoms with E-state index in [-0.39, 0.29) is 11.8 Å². The van der Waals surface area contributed by atoms with Gasteiger partial charge in [-0.3, -0.25) is 9.59 Å². The largest absolute Gasteiger partial charge is 0.407 e. The van der Waals surface area contributed by atoms with Crippen LogP contribution in [0.1, 0.15) is 57.2 Å². The maximum Gasteiger partial charge on any atom is 0.309 e. The fraction of sp³-hybridized carbons (Fsp3) is 0.370. The Morgan fingerprint density at radius 1 is 1.06 bits per heavy atom. The SMILES string of the molecule is CCCc1nn(-c2ccc(C)cc2)c(OC(C)=O)c1-c1ccc(NC(=O)C2CCCC2)cc1. The zero-order chi connectivity index (χ0) is 23.4. The van der Waals surface area contributed by atoms with Crippen LogP contribution in [0.15, 0.2) is 48.5 Å². The number of esters is 1. The summed E-state index contributed by atoms with van der Waals surface area (Å²) in [6.45, 7) is 5.53. The number of carbonyl (C=O) groups is 2. The van der Waals surface area contributed by atoms with Crippen molar-refractivity contribution in [2.45, 2.75) is 59.3 Å². The van der Waals surface area contributed by atoms with Gasteiger partial charge in [-0.05, 0) is 56.0 Å². The van der Waals surface area contributed by atoms with Crippen molar-refractivity contribution in [1.29, 1.82) is 0 Å². The molecule has 6 nitrogen and oxygen atoms in total. The standard InChI is InChI=1S/C27H31N3O3/c1-4-7-24-25(20-12-14-22(15-13-20)28-26(32)21-8-5-6-9-21)27(33-19(3)31)30(29-24)23-16-10-18(2)11-17-23/h10-17,21H,4-9H2,1-3H3,(H,28,32). The van der Waals surface area contributed by atoms with Gasteiger partial charge >= 0.3 is 5.97 Å². The zero-order valence-electron chi connectivity index (χ0n) is 19.6. The van der Waals surface area contributed by atoms with Crippen LogP contribution in [-0.4, -0.2) is 21.7 Å². The van der Waals surface area contributed by atoms with E-state index < -0.39 is 5.97 Å². The smallest absolute Gasteiger partial charge is 0.309 e. The molecule has 33 heavy (non-hydrogen) atoms. The van der Waals surface area contributed by atoms with E-state index in [4.69, 9.17) is 9.84 Å². The molecule has 1 saturated carbocycles. The maximum atomic E-state index is 12.5. The van der Waals surface area contributed by atoms with Crippen LogP contribution in [0.4, 0.5) is 5.69 Å². The van der Waals surface area contributed by atoms with Gasteiger partial charge in [-0.2, -0.15) is 9.78 Å². The van der Waals surface area contributed by atoms with E-state index >= 15 is 0 Å². The van der Waals surface area contributed by atoms with Crippen molar-refractivity contribution in [3.63, 3.8) is 0 Å². The lowest BCUT2D eigenvalue weighted by atomic mass is 10.0. The van der Waals surface area contributed by atoms with E-state index in [0.717, 1.165) is 72.3 Å². The summed E-state index contributed by atoms with van der Waals surface area (Å²) >= 11 is 0. The lowest BCUT2D eigenvalue weighted by Crippen LogP contribution is -2.20. The molecule has 1 heterocycles. The van der Waals surface area contributed by atoms with Crippen molar-refractivity contribution in [2.75, 3.05) is 5.32 Å². The number of anilines is 1.